The minimum absolute atomic E-state index is 0.761. The Balaban J connectivity index is 1.75. The second-order valence-corrected chi connectivity index (χ2v) is 7.26. The lowest BCUT2D eigenvalue weighted by Crippen LogP contribution is -2.41. The lowest BCUT2D eigenvalue weighted by molar-refractivity contribution is 0.289. The van der Waals surface area contributed by atoms with E-state index in [2.05, 4.69) is 46.5 Å². The maximum absolute atomic E-state index is 4.68. The van der Waals surface area contributed by atoms with E-state index in [0.29, 0.717) is 0 Å². The predicted octanol–water partition coefficient (Wildman–Crippen LogP) is 2.99. The number of hydrogen-bond donors (Lipinski definition) is 2. The van der Waals surface area contributed by atoms with Crippen LogP contribution in [0, 0.1) is 6.92 Å². The fraction of sp³-hybridized carbons (Fsp3) is 0.706. The summed E-state index contributed by atoms with van der Waals surface area (Å²) in [5.74, 6) is 0.934. The molecule has 22 heavy (non-hydrogen) atoms. The van der Waals surface area contributed by atoms with E-state index in [0.717, 1.165) is 32.1 Å². The first kappa shape index (κ1) is 17.3. The Morgan fingerprint density at radius 3 is 2.59 bits per heavy atom. The molecule has 5 heteroatoms. The normalized spacial score (nSPS) is 17.3. The molecule has 124 valence electrons. The van der Waals surface area contributed by atoms with Gasteiger partial charge in [-0.3, -0.25) is 0 Å². The summed E-state index contributed by atoms with van der Waals surface area (Å²) in [5.41, 5.74) is 0. The van der Waals surface area contributed by atoms with Gasteiger partial charge < -0.3 is 15.5 Å². The van der Waals surface area contributed by atoms with Crippen LogP contribution in [0.5, 0.6) is 0 Å². The first-order chi connectivity index (χ1) is 10.8. The van der Waals surface area contributed by atoms with Gasteiger partial charge in [0.15, 0.2) is 5.96 Å². The molecule has 4 nitrogen and oxygen atoms in total. The van der Waals surface area contributed by atoms with Crippen molar-refractivity contribution in [3.05, 3.63) is 21.9 Å². The topological polar surface area (TPSA) is 39.7 Å². The largest absolute Gasteiger partial charge is 0.357 e. The van der Waals surface area contributed by atoms with Crippen LogP contribution >= 0.6 is 11.3 Å². The molecule has 0 saturated carbocycles. The van der Waals surface area contributed by atoms with Gasteiger partial charge in [0.1, 0.15) is 0 Å². The first-order valence-corrected chi connectivity index (χ1v) is 9.39. The van der Waals surface area contributed by atoms with Crippen LogP contribution in [0.4, 0.5) is 0 Å². The summed E-state index contributed by atoms with van der Waals surface area (Å²) in [7, 11) is 0. The molecular formula is C17H30N4S. The molecule has 1 aliphatic heterocycles. The number of nitrogens with zero attached hydrogens (tertiary/aromatic N) is 2. The Morgan fingerprint density at radius 1 is 1.18 bits per heavy atom. The molecule has 1 aromatic rings. The minimum Gasteiger partial charge on any atom is -0.357 e. The lowest BCUT2D eigenvalue weighted by atomic mass is 10.2. The smallest absolute Gasteiger partial charge is 0.191 e. The number of nitrogens with one attached hydrogen (secondary N) is 2. The zero-order valence-electron chi connectivity index (χ0n) is 14.0. The van der Waals surface area contributed by atoms with Crippen LogP contribution in [0.15, 0.2) is 17.1 Å². The fourth-order valence-corrected chi connectivity index (χ4v) is 3.58. The van der Waals surface area contributed by atoms with E-state index in [1.165, 1.54) is 48.5 Å². The van der Waals surface area contributed by atoms with Gasteiger partial charge in [0, 0.05) is 29.4 Å². The molecule has 2 heterocycles. The molecule has 1 fully saturated rings. The van der Waals surface area contributed by atoms with Gasteiger partial charge in [-0.05, 0) is 51.9 Å². The summed E-state index contributed by atoms with van der Waals surface area (Å²) in [6, 6.07) is 4.33. The molecule has 0 atom stereocenters. The van der Waals surface area contributed by atoms with Crippen molar-refractivity contribution >= 4 is 17.3 Å². The number of guanidine groups is 1. The molecule has 0 aromatic carbocycles. The molecule has 0 aliphatic carbocycles. The van der Waals surface area contributed by atoms with Gasteiger partial charge in [-0.1, -0.05) is 12.8 Å². The Kier molecular flexibility index (Phi) is 7.74. The van der Waals surface area contributed by atoms with Gasteiger partial charge in [-0.2, -0.15) is 0 Å². The first-order valence-electron chi connectivity index (χ1n) is 8.58. The van der Waals surface area contributed by atoms with E-state index in [1.54, 1.807) is 0 Å². The van der Waals surface area contributed by atoms with Gasteiger partial charge >= 0.3 is 0 Å². The Labute approximate surface area is 139 Å². The van der Waals surface area contributed by atoms with Crippen molar-refractivity contribution in [2.45, 2.75) is 46.1 Å². The van der Waals surface area contributed by atoms with E-state index >= 15 is 0 Å². The van der Waals surface area contributed by atoms with E-state index in [-0.39, 0.29) is 0 Å². The number of rotatable bonds is 6. The summed E-state index contributed by atoms with van der Waals surface area (Å²) < 4.78 is 0. The zero-order valence-corrected chi connectivity index (χ0v) is 14.8. The molecule has 2 N–H and O–H groups in total. The molecule has 0 bridgehead atoms. The van der Waals surface area contributed by atoms with Gasteiger partial charge in [-0.25, -0.2) is 4.99 Å². The third kappa shape index (κ3) is 6.36. The number of likely N-dealkylation sites (tertiary alicyclic amines) is 1. The summed E-state index contributed by atoms with van der Waals surface area (Å²) in [4.78, 5) is 9.93. The van der Waals surface area contributed by atoms with Crippen LogP contribution in [0.2, 0.25) is 0 Å². The highest BCUT2D eigenvalue weighted by Crippen LogP contribution is 2.15. The van der Waals surface area contributed by atoms with Crippen molar-refractivity contribution in [2.75, 3.05) is 32.7 Å². The van der Waals surface area contributed by atoms with E-state index in [9.17, 15) is 0 Å². The molecule has 2 rings (SSSR count). The Morgan fingerprint density at radius 2 is 1.95 bits per heavy atom. The third-order valence-corrected chi connectivity index (χ3v) is 4.94. The molecule has 1 saturated heterocycles. The van der Waals surface area contributed by atoms with E-state index < -0.39 is 0 Å². The molecule has 0 radical (unpaired) electrons. The van der Waals surface area contributed by atoms with Crippen molar-refractivity contribution < 1.29 is 0 Å². The summed E-state index contributed by atoms with van der Waals surface area (Å²) in [6.07, 6.45) is 5.50. The van der Waals surface area contributed by atoms with Crippen LogP contribution in [0.1, 0.15) is 42.4 Å². The van der Waals surface area contributed by atoms with Crippen molar-refractivity contribution in [1.29, 1.82) is 0 Å². The Bertz CT molecular complexity index is 447. The second-order valence-electron chi connectivity index (χ2n) is 5.89. The average molecular weight is 323 g/mol. The van der Waals surface area contributed by atoms with E-state index in [4.69, 9.17) is 0 Å². The second kappa shape index (κ2) is 9.85. The number of thiophene rings is 1. The van der Waals surface area contributed by atoms with Crippen molar-refractivity contribution in [2.24, 2.45) is 4.99 Å². The van der Waals surface area contributed by atoms with Gasteiger partial charge in [-0.15, -0.1) is 11.3 Å². The third-order valence-electron chi connectivity index (χ3n) is 3.95. The van der Waals surface area contributed by atoms with Crippen LogP contribution in [0.25, 0.3) is 0 Å². The summed E-state index contributed by atoms with van der Waals surface area (Å²) >= 11 is 1.83. The molecule has 0 spiro atoms. The zero-order chi connectivity index (χ0) is 15.6. The quantitative estimate of drug-likeness (QED) is 0.625. The van der Waals surface area contributed by atoms with Crippen molar-refractivity contribution in [3.8, 4) is 0 Å². The molecule has 0 unspecified atom stereocenters. The lowest BCUT2D eigenvalue weighted by Gasteiger charge is -2.20. The molecular weight excluding hydrogens is 292 g/mol. The molecule has 1 aliphatic rings. The number of aliphatic imine (C=N–C) groups is 1. The standard InChI is InChI=1S/C17H30N4S/c1-3-18-17(20-14-16-9-8-15(2)22-16)19-10-13-21-11-6-4-5-7-12-21/h8-9H,3-7,10-14H2,1-2H3,(H2,18,19,20). The Hall–Kier alpha value is -1.07. The maximum Gasteiger partial charge on any atom is 0.191 e. The van der Waals surface area contributed by atoms with Crippen LogP contribution < -0.4 is 10.6 Å². The fourth-order valence-electron chi connectivity index (χ4n) is 2.76. The average Bonchev–Trinajstić information content (AvgIpc) is 2.76. The van der Waals surface area contributed by atoms with Crippen LogP contribution in [0.3, 0.4) is 0 Å². The van der Waals surface area contributed by atoms with Crippen molar-refractivity contribution in [3.63, 3.8) is 0 Å². The molecule has 0 amide bonds. The highest BCUT2D eigenvalue weighted by molar-refractivity contribution is 7.11. The maximum atomic E-state index is 4.68. The van der Waals surface area contributed by atoms with Crippen molar-refractivity contribution in [1.82, 2.24) is 15.5 Å². The SMILES string of the molecule is CCNC(=NCc1ccc(C)s1)NCCN1CCCCCC1. The minimum atomic E-state index is 0.761. The summed E-state index contributed by atoms with van der Waals surface area (Å²) in [5, 5.41) is 6.80. The number of aryl methyl sites for hydroxylation is 1. The van der Waals surface area contributed by atoms with E-state index in [1.807, 2.05) is 11.3 Å². The molecule has 1 aromatic heterocycles. The van der Waals surface area contributed by atoms with Crippen LogP contribution in [-0.2, 0) is 6.54 Å². The highest BCUT2D eigenvalue weighted by Gasteiger charge is 2.08. The monoisotopic (exact) mass is 322 g/mol. The number of hydrogen-bond acceptors (Lipinski definition) is 3. The summed E-state index contributed by atoms with van der Waals surface area (Å²) in [6.45, 7) is 10.5. The van der Waals surface area contributed by atoms with Gasteiger partial charge in [0.25, 0.3) is 0 Å². The van der Waals surface area contributed by atoms with Crippen LogP contribution in [-0.4, -0.2) is 43.6 Å². The highest BCUT2D eigenvalue weighted by atomic mass is 32.1. The van der Waals surface area contributed by atoms with Gasteiger partial charge in [0.2, 0.25) is 0 Å². The van der Waals surface area contributed by atoms with Gasteiger partial charge in [0.05, 0.1) is 6.54 Å². The predicted molar refractivity (Wildman–Crippen MR) is 96.8 cm³/mol.